The zero-order chi connectivity index (χ0) is 23.7. The summed E-state index contributed by atoms with van der Waals surface area (Å²) in [6, 6.07) is 15.5. The predicted octanol–water partition coefficient (Wildman–Crippen LogP) is 3.65. The van der Waals surface area contributed by atoms with Crippen molar-refractivity contribution in [2.75, 3.05) is 44.8 Å². The summed E-state index contributed by atoms with van der Waals surface area (Å²) in [6.45, 7) is 5.21. The van der Waals surface area contributed by atoms with Crippen molar-refractivity contribution in [2.45, 2.75) is 19.6 Å². The van der Waals surface area contributed by atoms with Crippen molar-refractivity contribution in [1.29, 1.82) is 0 Å². The van der Waals surface area contributed by atoms with Crippen molar-refractivity contribution in [2.24, 2.45) is 0 Å². The van der Waals surface area contributed by atoms with Crippen LogP contribution in [-0.2, 0) is 18.0 Å². The van der Waals surface area contributed by atoms with Crippen molar-refractivity contribution >= 4 is 46.2 Å². The minimum absolute atomic E-state index is 0.0542. The van der Waals surface area contributed by atoms with Crippen LogP contribution in [-0.4, -0.2) is 63.5 Å². The van der Waals surface area contributed by atoms with Gasteiger partial charge in [-0.25, -0.2) is 4.68 Å². The summed E-state index contributed by atoms with van der Waals surface area (Å²) in [5.41, 5.74) is 1.87. The van der Waals surface area contributed by atoms with Crippen LogP contribution in [0.4, 0.5) is 5.69 Å². The average molecular weight is 499 g/mol. The van der Waals surface area contributed by atoms with Crippen LogP contribution in [0.2, 0.25) is 5.02 Å². The number of nitrogens with zero attached hydrogens (tertiary/aromatic N) is 6. The van der Waals surface area contributed by atoms with E-state index < -0.39 is 0 Å². The molecular weight excluding hydrogens is 472 g/mol. The maximum Gasteiger partial charge on any atom is 0.262 e. The molecule has 2 aromatic carbocycles. The first-order valence-corrected chi connectivity index (χ1v) is 12.2. The second kappa shape index (κ2) is 9.87. The molecule has 10 heteroatoms. The number of piperazine rings is 1. The van der Waals surface area contributed by atoms with Crippen molar-refractivity contribution in [3.8, 4) is 0 Å². The Morgan fingerprint density at radius 2 is 1.88 bits per heavy atom. The fraction of sp³-hybridized carbons (Fsp3) is 0.375. The monoisotopic (exact) mass is 498 g/mol. The molecule has 34 heavy (non-hydrogen) atoms. The highest BCUT2D eigenvalue weighted by Gasteiger charge is 2.20. The second-order valence-electron chi connectivity index (χ2n) is 8.46. The molecule has 0 spiro atoms. The van der Waals surface area contributed by atoms with Crippen LogP contribution >= 0.6 is 23.8 Å². The largest absolute Gasteiger partial charge is 0.385 e. The Morgan fingerprint density at radius 3 is 2.65 bits per heavy atom. The number of anilines is 1. The summed E-state index contributed by atoms with van der Waals surface area (Å²) < 4.78 is 11.2. The fourth-order valence-electron chi connectivity index (χ4n) is 4.54. The van der Waals surface area contributed by atoms with Gasteiger partial charge in [0.05, 0.1) is 17.6 Å². The number of aromatic nitrogens is 4. The molecule has 0 bridgehead atoms. The number of halogens is 1. The van der Waals surface area contributed by atoms with Gasteiger partial charge in [-0.2, -0.15) is 0 Å². The predicted molar refractivity (Wildman–Crippen MR) is 138 cm³/mol. The van der Waals surface area contributed by atoms with Gasteiger partial charge in [0.25, 0.3) is 5.56 Å². The minimum atomic E-state index is -0.0542. The summed E-state index contributed by atoms with van der Waals surface area (Å²) in [6.07, 6.45) is 0.718. The highest BCUT2D eigenvalue weighted by Crippen LogP contribution is 2.21. The number of para-hydroxylation sites is 1. The average Bonchev–Trinajstić information content (AvgIpc) is 3.17. The third-order valence-corrected chi connectivity index (χ3v) is 6.92. The van der Waals surface area contributed by atoms with Crippen LogP contribution in [0, 0.1) is 4.77 Å². The van der Waals surface area contributed by atoms with Crippen LogP contribution in [0.25, 0.3) is 16.7 Å². The van der Waals surface area contributed by atoms with Gasteiger partial charge in [-0.05, 0) is 49.0 Å². The van der Waals surface area contributed by atoms with E-state index in [2.05, 4.69) is 15.9 Å². The lowest BCUT2D eigenvalue weighted by molar-refractivity contribution is 0.190. The summed E-state index contributed by atoms with van der Waals surface area (Å²) >= 11 is 12.0. The van der Waals surface area contributed by atoms with Crippen LogP contribution in [0.5, 0.6) is 0 Å². The maximum atomic E-state index is 13.2. The molecule has 178 valence electrons. The van der Waals surface area contributed by atoms with E-state index in [0.29, 0.717) is 35.8 Å². The molecule has 1 aliphatic rings. The smallest absolute Gasteiger partial charge is 0.262 e. The van der Waals surface area contributed by atoms with E-state index in [1.54, 1.807) is 11.7 Å². The van der Waals surface area contributed by atoms with Crippen molar-refractivity contribution in [1.82, 2.24) is 23.6 Å². The first kappa shape index (κ1) is 23.0. The molecule has 4 aromatic rings. The Morgan fingerprint density at radius 1 is 1.09 bits per heavy atom. The van der Waals surface area contributed by atoms with Gasteiger partial charge in [-0.3, -0.25) is 18.7 Å². The molecule has 2 aromatic heterocycles. The first-order valence-electron chi connectivity index (χ1n) is 11.4. The van der Waals surface area contributed by atoms with Gasteiger partial charge in [0.2, 0.25) is 10.5 Å². The number of rotatable bonds is 7. The van der Waals surface area contributed by atoms with E-state index in [9.17, 15) is 4.79 Å². The molecule has 1 aliphatic heterocycles. The van der Waals surface area contributed by atoms with Gasteiger partial charge in [-0.1, -0.05) is 29.8 Å². The molecule has 3 heterocycles. The minimum Gasteiger partial charge on any atom is -0.385 e. The Hall–Kier alpha value is -2.72. The highest BCUT2D eigenvalue weighted by atomic mass is 35.5. The van der Waals surface area contributed by atoms with Crippen molar-refractivity contribution in [3.05, 3.63) is 68.7 Å². The molecular formula is C24H27ClN6O2S. The first-order chi connectivity index (χ1) is 16.6. The number of methoxy groups -OCH3 is 1. The van der Waals surface area contributed by atoms with Crippen LogP contribution < -0.4 is 10.5 Å². The highest BCUT2D eigenvalue weighted by molar-refractivity contribution is 7.71. The standard InChI is InChI=1S/C24H27ClN6O2S/c1-33-15-5-10-29-22(32)20-8-2-3-9-21(20)31-23(29)26-30(24(31)34)17-27-11-13-28(14-12-27)19-7-4-6-18(25)16-19/h2-4,6-9,16H,5,10-15,17H2,1H3. The van der Waals surface area contributed by atoms with E-state index in [1.165, 1.54) is 0 Å². The summed E-state index contributed by atoms with van der Waals surface area (Å²) in [5, 5.41) is 6.20. The van der Waals surface area contributed by atoms with E-state index >= 15 is 0 Å². The summed E-state index contributed by atoms with van der Waals surface area (Å²) in [7, 11) is 1.66. The van der Waals surface area contributed by atoms with E-state index in [-0.39, 0.29) is 5.56 Å². The number of aryl methyl sites for hydroxylation is 1. The number of hydrogen-bond acceptors (Lipinski definition) is 6. The number of hydrogen-bond donors (Lipinski definition) is 0. The normalized spacial score (nSPS) is 14.9. The molecule has 1 saturated heterocycles. The third-order valence-electron chi connectivity index (χ3n) is 6.29. The molecule has 1 fully saturated rings. The molecule has 0 N–H and O–H groups in total. The van der Waals surface area contributed by atoms with Gasteiger partial charge in [0, 0.05) is 57.2 Å². The molecule has 0 aliphatic carbocycles. The third kappa shape index (κ3) is 4.36. The Kier molecular flexibility index (Phi) is 6.69. The molecule has 0 atom stereocenters. The van der Waals surface area contributed by atoms with Crippen molar-refractivity contribution < 1.29 is 4.74 Å². The topological polar surface area (TPSA) is 59.9 Å². The summed E-state index contributed by atoms with van der Waals surface area (Å²) in [4.78, 5) is 17.9. The van der Waals surface area contributed by atoms with E-state index in [0.717, 1.165) is 48.8 Å². The number of ether oxygens (including phenoxy) is 1. The van der Waals surface area contributed by atoms with E-state index in [1.807, 2.05) is 51.5 Å². The Labute approximate surface area is 207 Å². The Balaban J connectivity index is 1.44. The lowest BCUT2D eigenvalue weighted by Gasteiger charge is -2.35. The van der Waals surface area contributed by atoms with Gasteiger partial charge in [0.1, 0.15) is 0 Å². The molecule has 0 radical (unpaired) electrons. The molecule has 0 unspecified atom stereocenters. The van der Waals surface area contributed by atoms with Gasteiger partial charge >= 0.3 is 0 Å². The zero-order valence-corrected chi connectivity index (χ0v) is 20.6. The van der Waals surface area contributed by atoms with Crippen molar-refractivity contribution in [3.63, 3.8) is 0 Å². The molecule has 0 amide bonds. The SMILES string of the molecule is COCCCn1c(=O)c2ccccc2n2c(=S)n(CN3CCN(c4cccc(Cl)c4)CC3)nc12. The number of benzene rings is 2. The van der Waals surface area contributed by atoms with Crippen LogP contribution in [0.1, 0.15) is 6.42 Å². The van der Waals surface area contributed by atoms with Crippen LogP contribution in [0.3, 0.4) is 0 Å². The summed E-state index contributed by atoms with van der Waals surface area (Å²) in [5.74, 6) is 0.572. The van der Waals surface area contributed by atoms with Crippen LogP contribution in [0.15, 0.2) is 53.3 Å². The van der Waals surface area contributed by atoms with E-state index in [4.69, 9.17) is 33.7 Å². The fourth-order valence-corrected chi connectivity index (χ4v) is 5.00. The molecule has 5 rings (SSSR count). The molecule has 0 saturated carbocycles. The second-order valence-corrected chi connectivity index (χ2v) is 9.27. The van der Waals surface area contributed by atoms with Gasteiger partial charge in [-0.15, -0.1) is 5.10 Å². The quantitative estimate of drug-likeness (QED) is 0.286. The van der Waals surface area contributed by atoms with Gasteiger partial charge in [0.15, 0.2) is 0 Å². The Bertz CT molecular complexity index is 1440. The lowest BCUT2D eigenvalue weighted by atomic mass is 10.2. The number of fused-ring (bicyclic) bond motifs is 3. The maximum absolute atomic E-state index is 13.2. The molecule has 8 nitrogen and oxygen atoms in total. The lowest BCUT2D eigenvalue weighted by Crippen LogP contribution is -2.47. The van der Waals surface area contributed by atoms with Gasteiger partial charge < -0.3 is 9.64 Å². The zero-order valence-electron chi connectivity index (χ0n) is 19.1.